The van der Waals surface area contributed by atoms with Crippen molar-refractivity contribution >= 4 is 12.1 Å². The molecule has 0 aromatic rings. The molecule has 6 heteroatoms. The highest BCUT2D eigenvalue weighted by Crippen LogP contribution is 2.08. The van der Waals surface area contributed by atoms with E-state index < -0.39 is 23.8 Å². The molecule has 0 radical (unpaired) electrons. The summed E-state index contributed by atoms with van der Waals surface area (Å²) in [4.78, 5) is 21.7. The molecular formula is C11H21NO5. The molecule has 0 heterocycles. The van der Waals surface area contributed by atoms with Gasteiger partial charge >= 0.3 is 12.1 Å². The third-order valence-corrected chi connectivity index (χ3v) is 1.92. The first-order valence-electron chi connectivity index (χ1n) is 5.52. The van der Waals surface area contributed by atoms with Gasteiger partial charge in [0.15, 0.2) is 6.10 Å². The van der Waals surface area contributed by atoms with E-state index in [1.54, 1.807) is 27.7 Å². The number of carboxylic acids is 1. The number of carboxylic acid groups (broad SMARTS) is 1. The van der Waals surface area contributed by atoms with Gasteiger partial charge in [-0.05, 0) is 40.5 Å². The smallest absolute Gasteiger partial charge is 0.407 e. The van der Waals surface area contributed by atoms with Crippen LogP contribution in [0.1, 0.15) is 40.5 Å². The lowest BCUT2D eigenvalue weighted by Crippen LogP contribution is -2.38. The third kappa shape index (κ3) is 8.50. The number of aliphatic hydroxyl groups excluding tert-OH is 1. The van der Waals surface area contributed by atoms with Crippen LogP contribution in [-0.2, 0) is 9.53 Å². The van der Waals surface area contributed by atoms with Crippen molar-refractivity contribution < 1.29 is 24.5 Å². The topological polar surface area (TPSA) is 95.9 Å². The second-order valence-corrected chi connectivity index (χ2v) is 4.98. The maximum atomic E-state index is 11.3. The summed E-state index contributed by atoms with van der Waals surface area (Å²) < 4.78 is 5.03. The van der Waals surface area contributed by atoms with Crippen molar-refractivity contribution in [1.29, 1.82) is 0 Å². The lowest BCUT2D eigenvalue weighted by atomic mass is 10.1. The van der Waals surface area contributed by atoms with Gasteiger partial charge in [-0.1, -0.05) is 0 Å². The van der Waals surface area contributed by atoms with Crippen molar-refractivity contribution in [1.82, 2.24) is 5.32 Å². The van der Waals surface area contributed by atoms with E-state index in [2.05, 4.69) is 5.32 Å². The average Bonchev–Trinajstić information content (AvgIpc) is 2.10. The number of carbonyl (C=O) groups is 2. The fourth-order valence-electron chi connectivity index (χ4n) is 1.11. The number of hydrogen-bond acceptors (Lipinski definition) is 4. The lowest BCUT2D eigenvalue weighted by molar-refractivity contribution is -0.147. The van der Waals surface area contributed by atoms with Crippen LogP contribution in [0.5, 0.6) is 0 Å². The van der Waals surface area contributed by atoms with E-state index >= 15 is 0 Å². The number of aliphatic carboxylic acids is 1. The van der Waals surface area contributed by atoms with Gasteiger partial charge in [0.25, 0.3) is 0 Å². The lowest BCUT2D eigenvalue weighted by Gasteiger charge is -2.22. The average molecular weight is 247 g/mol. The van der Waals surface area contributed by atoms with Gasteiger partial charge in [0.05, 0.1) is 0 Å². The Balaban J connectivity index is 3.90. The minimum absolute atomic E-state index is 0.0896. The fraction of sp³-hybridized carbons (Fsp3) is 0.818. The van der Waals surface area contributed by atoms with E-state index in [0.717, 1.165) is 0 Å². The van der Waals surface area contributed by atoms with Gasteiger partial charge in [-0.25, -0.2) is 9.59 Å². The van der Waals surface area contributed by atoms with Crippen LogP contribution in [0.2, 0.25) is 0 Å². The zero-order valence-electron chi connectivity index (χ0n) is 10.7. The van der Waals surface area contributed by atoms with E-state index in [0.29, 0.717) is 6.42 Å². The highest BCUT2D eigenvalue weighted by Gasteiger charge is 2.19. The number of nitrogens with one attached hydrogen (secondary N) is 1. The maximum absolute atomic E-state index is 11.3. The number of amides is 1. The SMILES string of the molecule is CC(CCC(O)C(=O)O)NC(=O)OC(C)(C)C. The molecule has 0 spiro atoms. The van der Waals surface area contributed by atoms with Crippen molar-refractivity contribution in [3.05, 3.63) is 0 Å². The van der Waals surface area contributed by atoms with Crippen LogP contribution in [0.15, 0.2) is 0 Å². The first-order chi connectivity index (χ1) is 7.61. The van der Waals surface area contributed by atoms with Crippen molar-refractivity contribution in [2.45, 2.75) is 58.3 Å². The van der Waals surface area contributed by atoms with Gasteiger partial charge < -0.3 is 20.3 Å². The number of hydrogen-bond donors (Lipinski definition) is 3. The van der Waals surface area contributed by atoms with E-state index in [4.69, 9.17) is 14.9 Å². The molecular weight excluding hydrogens is 226 g/mol. The van der Waals surface area contributed by atoms with Crippen molar-refractivity contribution in [2.75, 3.05) is 0 Å². The van der Waals surface area contributed by atoms with Crippen LogP contribution in [0, 0.1) is 0 Å². The first kappa shape index (κ1) is 15.7. The van der Waals surface area contributed by atoms with E-state index in [9.17, 15) is 9.59 Å². The molecule has 0 aliphatic carbocycles. The molecule has 0 saturated heterocycles. The molecule has 2 atom stereocenters. The Morgan fingerprint density at radius 3 is 2.24 bits per heavy atom. The number of aliphatic hydroxyl groups is 1. The molecule has 17 heavy (non-hydrogen) atoms. The van der Waals surface area contributed by atoms with Gasteiger partial charge in [0.2, 0.25) is 0 Å². The molecule has 1 amide bonds. The summed E-state index contributed by atoms with van der Waals surface area (Å²) in [6.07, 6.45) is -1.48. The van der Waals surface area contributed by atoms with Crippen molar-refractivity contribution in [3.63, 3.8) is 0 Å². The monoisotopic (exact) mass is 247 g/mol. The van der Waals surface area contributed by atoms with E-state index in [1.807, 2.05) is 0 Å². The van der Waals surface area contributed by atoms with E-state index in [1.165, 1.54) is 0 Å². The quantitative estimate of drug-likeness (QED) is 0.676. The van der Waals surface area contributed by atoms with Gasteiger partial charge in [0.1, 0.15) is 5.60 Å². The molecule has 0 saturated carbocycles. The number of alkyl carbamates (subject to hydrolysis) is 1. The molecule has 0 aromatic heterocycles. The highest BCUT2D eigenvalue weighted by molar-refractivity contribution is 5.71. The summed E-state index contributed by atoms with van der Waals surface area (Å²) in [6.45, 7) is 6.99. The minimum Gasteiger partial charge on any atom is -0.479 e. The minimum atomic E-state index is -1.39. The molecule has 0 aliphatic rings. The maximum Gasteiger partial charge on any atom is 0.407 e. The Hall–Kier alpha value is -1.30. The summed E-state index contributed by atoms with van der Waals surface area (Å²) in [6, 6.07) is -0.251. The molecule has 2 unspecified atom stereocenters. The second-order valence-electron chi connectivity index (χ2n) is 4.98. The summed E-state index contributed by atoms with van der Waals surface area (Å²) in [7, 11) is 0. The molecule has 0 rings (SSSR count). The third-order valence-electron chi connectivity index (χ3n) is 1.92. The van der Waals surface area contributed by atoms with Crippen LogP contribution in [0.4, 0.5) is 4.79 Å². The Labute approximate surface area is 101 Å². The van der Waals surface area contributed by atoms with Gasteiger partial charge in [-0.2, -0.15) is 0 Å². The van der Waals surface area contributed by atoms with Crippen LogP contribution < -0.4 is 5.32 Å². The standard InChI is InChI=1S/C11H21NO5/c1-7(5-6-8(13)9(14)15)12-10(16)17-11(2,3)4/h7-8,13H,5-6H2,1-4H3,(H,12,16)(H,14,15). The van der Waals surface area contributed by atoms with Crippen LogP contribution in [0.3, 0.4) is 0 Å². The highest BCUT2D eigenvalue weighted by atomic mass is 16.6. The van der Waals surface area contributed by atoms with Gasteiger partial charge in [0, 0.05) is 6.04 Å². The summed E-state index contributed by atoms with van der Waals surface area (Å²) in [5.41, 5.74) is -0.565. The first-order valence-corrected chi connectivity index (χ1v) is 5.52. The van der Waals surface area contributed by atoms with Crippen molar-refractivity contribution in [3.8, 4) is 0 Å². The predicted octanol–water partition coefficient (Wildman–Crippen LogP) is 1.13. The Morgan fingerprint density at radius 2 is 1.82 bits per heavy atom. The normalized spacial score (nSPS) is 14.9. The Morgan fingerprint density at radius 1 is 1.29 bits per heavy atom. The van der Waals surface area contributed by atoms with Crippen LogP contribution in [-0.4, -0.2) is 40.0 Å². The predicted molar refractivity (Wildman–Crippen MR) is 61.7 cm³/mol. The van der Waals surface area contributed by atoms with E-state index in [-0.39, 0.29) is 12.5 Å². The second kappa shape index (κ2) is 6.44. The molecule has 6 nitrogen and oxygen atoms in total. The van der Waals surface area contributed by atoms with Crippen LogP contribution in [0.25, 0.3) is 0 Å². The molecule has 100 valence electrons. The van der Waals surface area contributed by atoms with Crippen LogP contribution >= 0.6 is 0 Å². The molecule has 0 aliphatic heterocycles. The fourth-order valence-corrected chi connectivity index (χ4v) is 1.11. The summed E-state index contributed by atoms with van der Waals surface area (Å²) >= 11 is 0. The molecule has 0 bridgehead atoms. The number of rotatable bonds is 5. The zero-order valence-corrected chi connectivity index (χ0v) is 10.7. The van der Waals surface area contributed by atoms with Gasteiger partial charge in [-0.3, -0.25) is 0 Å². The Kier molecular flexibility index (Phi) is 5.95. The summed E-state index contributed by atoms with van der Waals surface area (Å²) in [5, 5.41) is 20.1. The summed E-state index contributed by atoms with van der Waals surface area (Å²) in [5.74, 6) is -1.26. The number of ether oxygens (including phenoxy) is 1. The Bertz CT molecular complexity index is 272. The zero-order chi connectivity index (χ0) is 13.6. The largest absolute Gasteiger partial charge is 0.479 e. The molecule has 0 fully saturated rings. The van der Waals surface area contributed by atoms with Gasteiger partial charge in [-0.15, -0.1) is 0 Å². The molecule has 0 aromatic carbocycles. The molecule has 3 N–H and O–H groups in total. The van der Waals surface area contributed by atoms with Crippen molar-refractivity contribution in [2.24, 2.45) is 0 Å². The number of carbonyl (C=O) groups excluding carboxylic acids is 1.